The van der Waals surface area contributed by atoms with Crippen LogP contribution in [-0.2, 0) is 12.8 Å². The highest BCUT2D eigenvalue weighted by atomic mass is 35.5. The van der Waals surface area contributed by atoms with Crippen LogP contribution in [0.1, 0.15) is 17.5 Å². The highest BCUT2D eigenvalue weighted by Gasteiger charge is 2.19. The molecule has 1 aliphatic carbocycles. The van der Waals surface area contributed by atoms with Crippen molar-refractivity contribution in [2.75, 3.05) is 5.73 Å². The molecule has 0 atom stereocenters. The molecule has 12 heavy (non-hydrogen) atoms. The third-order valence-corrected chi connectivity index (χ3v) is 2.68. The zero-order valence-electron chi connectivity index (χ0n) is 6.60. The van der Waals surface area contributed by atoms with Gasteiger partial charge in [-0.1, -0.05) is 11.6 Å². The number of phenolic OH excluding ortho intramolecular Hbond substituents is 1. The molecule has 1 aliphatic rings. The molecule has 0 heterocycles. The monoisotopic (exact) mass is 183 g/mol. The van der Waals surface area contributed by atoms with Gasteiger partial charge >= 0.3 is 0 Å². The number of phenols is 1. The number of hydrogen-bond acceptors (Lipinski definition) is 2. The van der Waals surface area contributed by atoms with Gasteiger partial charge in [-0.3, -0.25) is 0 Å². The molecule has 0 unspecified atom stereocenters. The zero-order valence-corrected chi connectivity index (χ0v) is 7.36. The fourth-order valence-corrected chi connectivity index (χ4v) is 2.06. The van der Waals surface area contributed by atoms with Gasteiger partial charge in [-0.25, -0.2) is 0 Å². The Morgan fingerprint density at radius 2 is 2.00 bits per heavy atom. The third-order valence-electron chi connectivity index (χ3n) is 2.35. The Balaban J connectivity index is 2.69. The maximum absolute atomic E-state index is 9.56. The normalized spacial score (nSPS) is 14.8. The minimum atomic E-state index is 0.229. The summed E-state index contributed by atoms with van der Waals surface area (Å²) in [5, 5.41) is 10.3. The topological polar surface area (TPSA) is 46.2 Å². The van der Waals surface area contributed by atoms with Crippen LogP contribution in [0.25, 0.3) is 0 Å². The summed E-state index contributed by atoms with van der Waals surface area (Å²) < 4.78 is 0. The van der Waals surface area contributed by atoms with E-state index in [1.165, 1.54) is 0 Å². The zero-order chi connectivity index (χ0) is 8.72. The van der Waals surface area contributed by atoms with E-state index >= 15 is 0 Å². The van der Waals surface area contributed by atoms with Crippen LogP contribution in [0, 0.1) is 0 Å². The Kier molecular flexibility index (Phi) is 1.65. The van der Waals surface area contributed by atoms with Crippen LogP contribution in [0.2, 0.25) is 5.02 Å². The lowest BCUT2D eigenvalue weighted by molar-refractivity contribution is 0.472. The van der Waals surface area contributed by atoms with Crippen LogP contribution < -0.4 is 5.73 Å². The van der Waals surface area contributed by atoms with E-state index in [2.05, 4.69) is 0 Å². The Bertz CT molecular complexity index is 336. The quantitative estimate of drug-likeness (QED) is 0.478. The number of nitrogen functional groups attached to an aromatic ring is 1. The van der Waals surface area contributed by atoms with E-state index in [-0.39, 0.29) is 5.75 Å². The van der Waals surface area contributed by atoms with Gasteiger partial charge in [0.05, 0.1) is 5.69 Å². The Morgan fingerprint density at radius 3 is 2.75 bits per heavy atom. The molecule has 0 saturated heterocycles. The van der Waals surface area contributed by atoms with Crippen molar-refractivity contribution >= 4 is 17.3 Å². The summed E-state index contributed by atoms with van der Waals surface area (Å²) >= 11 is 5.96. The minimum absolute atomic E-state index is 0.229. The standard InChI is InChI=1S/C9H10ClNO/c10-7-4-8(11)9(12)6-3-1-2-5(6)7/h4,12H,1-3,11H2. The molecule has 1 aromatic rings. The van der Waals surface area contributed by atoms with E-state index in [0.29, 0.717) is 10.7 Å². The molecule has 3 heteroatoms. The van der Waals surface area contributed by atoms with E-state index in [1.807, 2.05) is 0 Å². The van der Waals surface area contributed by atoms with Crippen molar-refractivity contribution in [3.05, 3.63) is 22.2 Å². The number of rotatable bonds is 0. The van der Waals surface area contributed by atoms with E-state index in [0.717, 1.165) is 30.4 Å². The van der Waals surface area contributed by atoms with Gasteiger partial charge in [0.15, 0.2) is 0 Å². The molecule has 3 N–H and O–H groups in total. The van der Waals surface area contributed by atoms with Crippen LogP contribution in [0.3, 0.4) is 0 Å². The average molecular weight is 184 g/mol. The Hall–Kier alpha value is -0.890. The molecule has 2 rings (SSSR count). The van der Waals surface area contributed by atoms with Gasteiger partial charge in [0, 0.05) is 10.6 Å². The van der Waals surface area contributed by atoms with E-state index in [9.17, 15) is 5.11 Å². The molecule has 0 saturated carbocycles. The largest absolute Gasteiger partial charge is 0.505 e. The fraction of sp³-hybridized carbons (Fsp3) is 0.333. The van der Waals surface area contributed by atoms with Crippen LogP contribution >= 0.6 is 11.6 Å². The number of fused-ring (bicyclic) bond motifs is 1. The third kappa shape index (κ3) is 0.950. The Morgan fingerprint density at radius 1 is 1.33 bits per heavy atom. The lowest BCUT2D eigenvalue weighted by Gasteiger charge is -2.07. The smallest absolute Gasteiger partial charge is 0.142 e. The number of hydrogen-bond donors (Lipinski definition) is 2. The first kappa shape index (κ1) is 7.74. The van der Waals surface area contributed by atoms with Gasteiger partial charge in [-0.05, 0) is 30.9 Å². The number of benzene rings is 1. The second-order valence-corrected chi connectivity index (χ2v) is 3.51. The molecule has 0 bridgehead atoms. The van der Waals surface area contributed by atoms with Gasteiger partial charge < -0.3 is 10.8 Å². The van der Waals surface area contributed by atoms with E-state index < -0.39 is 0 Å². The van der Waals surface area contributed by atoms with Crippen molar-refractivity contribution in [2.45, 2.75) is 19.3 Å². The summed E-state index contributed by atoms with van der Waals surface area (Å²) in [5.74, 6) is 0.229. The van der Waals surface area contributed by atoms with E-state index in [1.54, 1.807) is 6.07 Å². The van der Waals surface area contributed by atoms with Crippen molar-refractivity contribution in [1.82, 2.24) is 0 Å². The van der Waals surface area contributed by atoms with Crippen molar-refractivity contribution in [1.29, 1.82) is 0 Å². The Labute approximate surface area is 76.0 Å². The second-order valence-electron chi connectivity index (χ2n) is 3.11. The minimum Gasteiger partial charge on any atom is -0.505 e. The molecule has 0 fully saturated rings. The molecule has 1 aromatic carbocycles. The number of anilines is 1. The predicted octanol–water partition coefficient (Wildman–Crippen LogP) is 2.12. The molecule has 0 aliphatic heterocycles. The van der Waals surface area contributed by atoms with Gasteiger partial charge in [-0.15, -0.1) is 0 Å². The number of aromatic hydroxyl groups is 1. The molecule has 0 amide bonds. The predicted molar refractivity (Wildman–Crippen MR) is 49.6 cm³/mol. The van der Waals surface area contributed by atoms with Crippen LogP contribution in [-0.4, -0.2) is 5.11 Å². The summed E-state index contributed by atoms with van der Waals surface area (Å²) in [7, 11) is 0. The lowest BCUT2D eigenvalue weighted by Crippen LogP contribution is -1.92. The molecule has 0 spiro atoms. The maximum atomic E-state index is 9.56. The molecular weight excluding hydrogens is 174 g/mol. The first-order valence-electron chi connectivity index (χ1n) is 3.99. The number of halogens is 1. The fourth-order valence-electron chi connectivity index (χ4n) is 1.73. The first-order valence-corrected chi connectivity index (χ1v) is 4.36. The SMILES string of the molecule is Nc1cc(Cl)c2c(c1O)CCC2. The van der Waals surface area contributed by atoms with Gasteiger partial charge in [0.25, 0.3) is 0 Å². The molecule has 2 nitrogen and oxygen atoms in total. The summed E-state index contributed by atoms with van der Waals surface area (Å²) in [4.78, 5) is 0. The van der Waals surface area contributed by atoms with E-state index in [4.69, 9.17) is 17.3 Å². The average Bonchev–Trinajstić information content (AvgIpc) is 2.48. The van der Waals surface area contributed by atoms with Crippen molar-refractivity contribution < 1.29 is 5.11 Å². The van der Waals surface area contributed by atoms with Crippen LogP contribution in [0.5, 0.6) is 5.75 Å². The first-order chi connectivity index (χ1) is 5.70. The molecular formula is C9H10ClNO. The van der Waals surface area contributed by atoms with Gasteiger partial charge in [-0.2, -0.15) is 0 Å². The summed E-state index contributed by atoms with van der Waals surface area (Å²) in [6.45, 7) is 0. The second kappa shape index (κ2) is 2.56. The van der Waals surface area contributed by atoms with Crippen molar-refractivity contribution in [3.63, 3.8) is 0 Å². The highest BCUT2D eigenvalue weighted by molar-refractivity contribution is 6.31. The van der Waals surface area contributed by atoms with Crippen molar-refractivity contribution in [3.8, 4) is 5.75 Å². The number of nitrogens with two attached hydrogens (primary N) is 1. The van der Waals surface area contributed by atoms with Gasteiger partial charge in [0.1, 0.15) is 5.75 Å². The maximum Gasteiger partial charge on any atom is 0.142 e. The summed E-state index contributed by atoms with van der Waals surface area (Å²) in [6.07, 6.45) is 2.92. The van der Waals surface area contributed by atoms with Crippen LogP contribution in [0.4, 0.5) is 5.69 Å². The summed E-state index contributed by atoms with van der Waals surface area (Å²) in [6, 6.07) is 1.63. The van der Waals surface area contributed by atoms with Crippen molar-refractivity contribution in [2.24, 2.45) is 0 Å². The van der Waals surface area contributed by atoms with Gasteiger partial charge in [0.2, 0.25) is 0 Å². The highest BCUT2D eigenvalue weighted by Crippen LogP contribution is 2.38. The molecule has 64 valence electrons. The van der Waals surface area contributed by atoms with Crippen LogP contribution in [0.15, 0.2) is 6.07 Å². The lowest BCUT2D eigenvalue weighted by atomic mass is 10.1. The molecule has 0 aromatic heterocycles. The summed E-state index contributed by atoms with van der Waals surface area (Å²) in [5.41, 5.74) is 7.97. The molecule has 0 radical (unpaired) electrons.